The molecule has 0 bridgehead atoms. The number of nitrogens with zero attached hydrogens (tertiary/aromatic N) is 2. The second kappa shape index (κ2) is 5.52. The van der Waals surface area contributed by atoms with Crippen molar-refractivity contribution in [2.24, 2.45) is 0 Å². The summed E-state index contributed by atoms with van der Waals surface area (Å²) >= 11 is 0. The van der Waals surface area contributed by atoms with E-state index in [0.29, 0.717) is 12.4 Å². The van der Waals surface area contributed by atoms with Crippen LogP contribution in [0, 0.1) is 17.7 Å². The summed E-state index contributed by atoms with van der Waals surface area (Å²) < 4.78 is 12.4. The van der Waals surface area contributed by atoms with Crippen molar-refractivity contribution in [3.8, 4) is 11.8 Å². The van der Waals surface area contributed by atoms with Crippen LogP contribution in [0.3, 0.4) is 0 Å². The van der Waals surface area contributed by atoms with Gasteiger partial charge < -0.3 is 5.32 Å². The second-order valence-electron chi connectivity index (χ2n) is 2.26. The van der Waals surface area contributed by atoms with E-state index in [2.05, 4.69) is 39.4 Å². The molecule has 0 saturated carbocycles. The Morgan fingerprint density at radius 2 is 2.21 bits per heavy atom. The summed E-state index contributed by atoms with van der Waals surface area (Å²) in [5, 5.41) is 2.81. The number of rotatable bonds is 2. The molecule has 1 aromatic rings. The van der Waals surface area contributed by atoms with Gasteiger partial charge in [0.2, 0.25) is 5.82 Å². The first-order valence-corrected chi connectivity index (χ1v) is 3.87. The van der Waals surface area contributed by atoms with Crippen LogP contribution in [-0.4, -0.2) is 16.5 Å². The predicted molar refractivity (Wildman–Crippen MR) is 50.6 cm³/mol. The van der Waals surface area contributed by atoms with Gasteiger partial charge in [-0.2, -0.15) is 0 Å². The fourth-order valence-corrected chi connectivity index (χ4v) is 0.674. The molecule has 0 aliphatic heterocycles. The van der Waals surface area contributed by atoms with Gasteiger partial charge >= 0.3 is 0 Å². The summed E-state index contributed by atoms with van der Waals surface area (Å²) in [4.78, 5) is 7.34. The number of nitrogens with one attached hydrogen (secondary N) is 1. The molecule has 0 aromatic carbocycles. The highest BCUT2D eigenvalue weighted by atomic mass is 19.1. The van der Waals surface area contributed by atoms with E-state index in [1.165, 1.54) is 0 Å². The summed E-state index contributed by atoms with van der Waals surface area (Å²) in [6.07, 6.45) is 3.71. The van der Waals surface area contributed by atoms with Crippen LogP contribution in [0.4, 0.5) is 4.39 Å². The average Bonchev–Trinajstić information content (AvgIpc) is 2.21. The number of hydrogen-bond donors (Lipinski definition) is 1. The molecule has 0 unspecified atom stereocenters. The standard InChI is InChI=1S/C10H8FN3/c1-2-5-12-6-3-4-10-13-7-9(11)8-14-10/h5,7-8,12H,1,6H2. The Kier molecular flexibility index (Phi) is 3.93. The van der Waals surface area contributed by atoms with Gasteiger partial charge in [-0.05, 0) is 5.92 Å². The zero-order valence-electron chi connectivity index (χ0n) is 7.42. The molecule has 0 aliphatic rings. The molecule has 1 aromatic heterocycles. The summed E-state index contributed by atoms with van der Waals surface area (Å²) in [5.74, 6) is 5.24. The molecular formula is C10H8FN3. The second-order valence-corrected chi connectivity index (χ2v) is 2.26. The van der Waals surface area contributed by atoms with Crippen molar-refractivity contribution < 1.29 is 4.39 Å². The highest BCUT2D eigenvalue weighted by molar-refractivity contribution is 5.20. The maximum Gasteiger partial charge on any atom is 0.205 e. The Morgan fingerprint density at radius 1 is 1.50 bits per heavy atom. The first kappa shape index (κ1) is 9.97. The maximum absolute atomic E-state index is 12.4. The van der Waals surface area contributed by atoms with Crippen molar-refractivity contribution in [2.45, 2.75) is 0 Å². The molecule has 1 heterocycles. The lowest BCUT2D eigenvalue weighted by atomic mass is 10.5. The Balaban J connectivity index is 2.51. The van der Waals surface area contributed by atoms with Crippen molar-refractivity contribution in [1.29, 1.82) is 0 Å². The van der Waals surface area contributed by atoms with Crippen molar-refractivity contribution in [1.82, 2.24) is 15.3 Å². The van der Waals surface area contributed by atoms with E-state index in [9.17, 15) is 4.39 Å². The third-order valence-corrected chi connectivity index (χ3v) is 1.22. The summed E-state index contributed by atoms with van der Waals surface area (Å²) in [6, 6.07) is 0. The van der Waals surface area contributed by atoms with Gasteiger partial charge in [0.15, 0.2) is 5.82 Å². The van der Waals surface area contributed by atoms with Crippen LogP contribution in [-0.2, 0) is 0 Å². The highest BCUT2D eigenvalue weighted by Crippen LogP contribution is 1.90. The lowest BCUT2D eigenvalue weighted by Crippen LogP contribution is -2.03. The number of hydrogen-bond acceptors (Lipinski definition) is 3. The quantitative estimate of drug-likeness (QED) is 0.426. The molecule has 3 nitrogen and oxygen atoms in total. The molecule has 14 heavy (non-hydrogen) atoms. The third kappa shape index (κ3) is 3.53. The average molecular weight is 189 g/mol. The Morgan fingerprint density at radius 3 is 2.86 bits per heavy atom. The first-order chi connectivity index (χ1) is 6.83. The summed E-state index contributed by atoms with van der Waals surface area (Å²) in [5.41, 5.74) is 2.54. The molecule has 0 fully saturated rings. The van der Waals surface area contributed by atoms with E-state index in [-0.39, 0.29) is 0 Å². The molecular weight excluding hydrogens is 181 g/mol. The zero-order chi connectivity index (χ0) is 10.2. The fraction of sp³-hybridized carbons (Fsp3) is 0.100. The lowest BCUT2D eigenvalue weighted by Gasteiger charge is -1.88. The van der Waals surface area contributed by atoms with E-state index in [4.69, 9.17) is 0 Å². The minimum atomic E-state index is -0.469. The van der Waals surface area contributed by atoms with Crippen LogP contribution in [0.2, 0.25) is 0 Å². The van der Waals surface area contributed by atoms with Crippen LogP contribution in [0.15, 0.2) is 30.9 Å². The molecule has 1 N–H and O–H groups in total. The van der Waals surface area contributed by atoms with Gasteiger partial charge in [-0.15, -0.1) is 5.73 Å². The molecule has 0 spiro atoms. The topological polar surface area (TPSA) is 37.8 Å². The highest BCUT2D eigenvalue weighted by Gasteiger charge is 1.90. The van der Waals surface area contributed by atoms with Gasteiger partial charge in [0.1, 0.15) is 0 Å². The van der Waals surface area contributed by atoms with Crippen molar-refractivity contribution in [2.75, 3.05) is 6.54 Å². The van der Waals surface area contributed by atoms with Gasteiger partial charge in [0, 0.05) is 6.20 Å². The Bertz CT molecular complexity index is 394. The normalized spacial score (nSPS) is 8.07. The molecule has 4 heteroatoms. The number of halogens is 1. The minimum absolute atomic E-state index is 0.302. The Labute approximate surface area is 81.4 Å². The summed E-state index contributed by atoms with van der Waals surface area (Å²) in [6.45, 7) is 3.82. The van der Waals surface area contributed by atoms with E-state index >= 15 is 0 Å². The van der Waals surface area contributed by atoms with E-state index in [0.717, 1.165) is 12.4 Å². The molecule has 70 valence electrons. The molecule has 0 radical (unpaired) electrons. The molecule has 0 saturated heterocycles. The van der Waals surface area contributed by atoms with Gasteiger partial charge in [-0.3, -0.25) is 0 Å². The summed E-state index contributed by atoms with van der Waals surface area (Å²) in [7, 11) is 0. The minimum Gasteiger partial charge on any atom is -0.374 e. The van der Waals surface area contributed by atoms with Gasteiger partial charge in [0.05, 0.1) is 18.9 Å². The van der Waals surface area contributed by atoms with Crippen LogP contribution in [0.1, 0.15) is 5.82 Å². The van der Waals surface area contributed by atoms with Gasteiger partial charge in [0.25, 0.3) is 0 Å². The Hall–Kier alpha value is -2.11. The van der Waals surface area contributed by atoms with Crippen molar-refractivity contribution in [3.05, 3.63) is 42.5 Å². The van der Waals surface area contributed by atoms with E-state index in [1.54, 1.807) is 6.20 Å². The van der Waals surface area contributed by atoms with Gasteiger partial charge in [-0.25, -0.2) is 14.4 Å². The molecule has 0 amide bonds. The third-order valence-electron chi connectivity index (χ3n) is 1.22. The van der Waals surface area contributed by atoms with Gasteiger partial charge in [-0.1, -0.05) is 12.5 Å². The fourth-order valence-electron chi connectivity index (χ4n) is 0.674. The van der Waals surface area contributed by atoms with Crippen molar-refractivity contribution in [3.63, 3.8) is 0 Å². The van der Waals surface area contributed by atoms with Crippen molar-refractivity contribution >= 4 is 0 Å². The SMILES string of the molecule is C=C=CNCC#Cc1ncc(F)cn1. The molecule has 0 aliphatic carbocycles. The van der Waals surface area contributed by atoms with Crippen LogP contribution >= 0.6 is 0 Å². The monoisotopic (exact) mass is 189 g/mol. The largest absolute Gasteiger partial charge is 0.374 e. The molecule has 0 atom stereocenters. The zero-order valence-corrected chi connectivity index (χ0v) is 7.42. The van der Waals surface area contributed by atoms with Crippen LogP contribution in [0.25, 0.3) is 0 Å². The predicted octanol–water partition coefficient (Wildman–Crippen LogP) is 0.855. The van der Waals surface area contributed by atoms with Crippen LogP contribution < -0.4 is 5.32 Å². The first-order valence-electron chi connectivity index (χ1n) is 3.87. The smallest absolute Gasteiger partial charge is 0.205 e. The van der Waals surface area contributed by atoms with E-state index in [1.807, 2.05) is 0 Å². The molecule has 1 rings (SSSR count). The van der Waals surface area contributed by atoms with E-state index < -0.39 is 5.82 Å². The lowest BCUT2D eigenvalue weighted by molar-refractivity contribution is 0.612. The van der Waals surface area contributed by atoms with Crippen LogP contribution in [0.5, 0.6) is 0 Å². The number of aromatic nitrogens is 2. The maximum atomic E-state index is 12.4.